The summed E-state index contributed by atoms with van der Waals surface area (Å²) in [5, 5.41) is 0. The quantitative estimate of drug-likeness (QED) is 0.372. The summed E-state index contributed by atoms with van der Waals surface area (Å²) in [5.41, 5.74) is 2.00. The molecule has 0 aromatic carbocycles. The predicted molar refractivity (Wildman–Crippen MR) is 65.4 cm³/mol. The standard InChI is InChI=1S/C10H18N2O4S/c1-12(2)5-7-17-8-10(15)16-11-9(14)4-3-6-13/h6H,3-5,7-8H2,1-2H3,(H,11,14). The fraction of sp³-hybridized carbons (Fsp3) is 0.700. The Morgan fingerprint density at radius 1 is 1.41 bits per heavy atom. The van der Waals surface area contributed by atoms with Crippen LogP contribution in [-0.4, -0.2) is 55.2 Å². The summed E-state index contributed by atoms with van der Waals surface area (Å²) in [6.07, 6.45) is 0.796. The Morgan fingerprint density at radius 3 is 2.71 bits per heavy atom. The van der Waals surface area contributed by atoms with Crippen LogP contribution in [0.5, 0.6) is 0 Å². The zero-order valence-electron chi connectivity index (χ0n) is 10.1. The molecule has 0 bridgehead atoms. The molecule has 0 fully saturated rings. The van der Waals surface area contributed by atoms with E-state index >= 15 is 0 Å². The van der Waals surface area contributed by atoms with Gasteiger partial charge in [0.2, 0.25) is 0 Å². The predicted octanol–water partition coefficient (Wildman–Crippen LogP) is -0.165. The van der Waals surface area contributed by atoms with Crippen LogP contribution in [0.25, 0.3) is 0 Å². The fourth-order valence-corrected chi connectivity index (χ4v) is 1.65. The van der Waals surface area contributed by atoms with Gasteiger partial charge in [-0.2, -0.15) is 5.48 Å². The topological polar surface area (TPSA) is 75.7 Å². The molecule has 17 heavy (non-hydrogen) atoms. The molecule has 0 atom stereocenters. The number of carbonyl (C=O) groups is 3. The van der Waals surface area contributed by atoms with Gasteiger partial charge in [0, 0.05) is 25.1 Å². The smallest absolute Gasteiger partial charge is 0.340 e. The molecule has 0 aromatic heterocycles. The third kappa shape index (κ3) is 11.2. The Kier molecular flexibility index (Phi) is 9.46. The summed E-state index contributed by atoms with van der Waals surface area (Å²) in [4.78, 5) is 38.6. The van der Waals surface area contributed by atoms with Crippen molar-refractivity contribution in [1.29, 1.82) is 0 Å². The molecule has 0 aliphatic heterocycles. The van der Waals surface area contributed by atoms with Crippen molar-refractivity contribution in [2.24, 2.45) is 0 Å². The van der Waals surface area contributed by atoms with E-state index in [4.69, 9.17) is 0 Å². The van der Waals surface area contributed by atoms with Crippen molar-refractivity contribution in [3.05, 3.63) is 0 Å². The average molecular weight is 262 g/mol. The van der Waals surface area contributed by atoms with Crippen LogP contribution in [0.2, 0.25) is 0 Å². The first-order valence-corrected chi connectivity index (χ1v) is 6.36. The average Bonchev–Trinajstić information content (AvgIpc) is 2.29. The Morgan fingerprint density at radius 2 is 2.12 bits per heavy atom. The van der Waals surface area contributed by atoms with E-state index < -0.39 is 11.9 Å². The summed E-state index contributed by atoms with van der Waals surface area (Å²) in [6.45, 7) is 0.879. The van der Waals surface area contributed by atoms with Gasteiger partial charge in [-0.25, -0.2) is 4.79 Å². The van der Waals surface area contributed by atoms with E-state index in [9.17, 15) is 14.4 Å². The molecular formula is C10H18N2O4S. The molecule has 6 nitrogen and oxygen atoms in total. The van der Waals surface area contributed by atoms with Gasteiger partial charge in [0.15, 0.2) is 0 Å². The molecule has 0 aromatic rings. The highest BCUT2D eigenvalue weighted by Gasteiger charge is 2.06. The van der Waals surface area contributed by atoms with E-state index in [1.54, 1.807) is 0 Å². The Balaban J connectivity index is 3.46. The molecule has 1 amide bonds. The number of hydroxylamine groups is 1. The van der Waals surface area contributed by atoms with E-state index in [-0.39, 0.29) is 18.6 Å². The minimum Gasteiger partial charge on any atom is -0.340 e. The molecule has 0 saturated carbocycles. The maximum absolute atomic E-state index is 11.1. The summed E-state index contributed by atoms with van der Waals surface area (Å²) in [7, 11) is 3.90. The van der Waals surface area contributed by atoms with Gasteiger partial charge in [0.05, 0.1) is 5.75 Å². The van der Waals surface area contributed by atoms with E-state index in [0.717, 1.165) is 12.3 Å². The Bertz CT molecular complexity index is 259. The molecular weight excluding hydrogens is 244 g/mol. The second kappa shape index (κ2) is 10.1. The number of hydrogen-bond donors (Lipinski definition) is 1. The van der Waals surface area contributed by atoms with Gasteiger partial charge in [-0.05, 0) is 14.1 Å². The monoisotopic (exact) mass is 262 g/mol. The molecule has 98 valence electrons. The van der Waals surface area contributed by atoms with E-state index in [2.05, 4.69) is 4.84 Å². The Hall–Kier alpha value is -1.08. The van der Waals surface area contributed by atoms with Crippen molar-refractivity contribution >= 4 is 29.9 Å². The molecule has 0 unspecified atom stereocenters. The van der Waals surface area contributed by atoms with Crippen LogP contribution in [0.15, 0.2) is 0 Å². The number of thioether (sulfide) groups is 1. The van der Waals surface area contributed by atoms with Crippen LogP contribution in [0.1, 0.15) is 12.8 Å². The summed E-state index contributed by atoms with van der Waals surface area (Å²) in [6, 6.07) is 0. The number of aldehydes is 1. The normalized spacial score (nSPS) is 10.1. The first-order valence-electron chi connectivity index (χ1n) is 5.21. The molecule has 0 spiro atoms. The van der Waals surface area contributed by atoms with E-state index in [1.165, 1.54) is 11.8 Å². The Labute approximate surface area is 105 Å². The van der Waals surface area contributed by atoms with Gasteiger partial charge in [0.1, 0.15) is 6.29 Å². The lowest BCUT2D eigenvalue weighted by atomic mass is 10.3. The highest BCUT2D eigenvalue weighted by molar-refractivity contribution is 7.99. The maximum atomic E-state index is 11.1. The van der Waals surface area contributed by atoms with Crippen molar-refractivity contribution in [1.82, 2.24) is 10.4 Å². The lowest BCUT2D eigenvalue weighted by Gasteiger charge is -2.08. The summed E-state index contributed by atoms with van der Waals surface area (Å²) >= 11 is 1.44. The summed E-state index contributed by atoms with van der Waals surface area (Å²) < 4.78 is 0. The number of amides is 1. The second-order valence-electron chi connectivity index (χ2n) is 3.56. The van der Waals surface area contributed by atoms with Crippen molar-refractivity contribution < 1.29 is 19.2 Å². The molecule has 7 heteroatoms. The molecule has 1 N–H and O–H groups in total. The number of carbonyl (C=O) groups excluding carboxylic acids is 3. The lowest BCUT2D eigenvalue weighted by molar-refractivity contribution is -0.155. The summed E-state index contributed by atoms with van der Waals surface area (Å²) in [5.74, 6) is 0.0557. The zero-order valence-corrected chi connectivity index (χ0v) is 10.9. The molecule has 0 heterocycles. The highest BCUT2D eigenvalue weighted by Crippen LogP contribution is 2.00. The maximum Gasteiger partial charge on any atom is 0.342 e. The first-order chi connectivity index (χ1) is 8.06. The second-order valence-corrected chi connectivity index (χ2v) is 4.67. The minimum atomic E-state index is -0.492. The van der Waals surface area contributed by atoms with Crippen LogP contribution in [-0.2, 0) is 19.2 Å². The van der Waals surface area contributed by atoms with Crippen LogP contribution in [0.4, 0.5) is 0 Å². The van der Waals surface area contributed by atoms with Gasteiger partial charge in [-0.15, -0.1) is 11.8 Å². The van der Waals surface area contributed by atoms with E-state index in [0.29, 0.717) is 6.29 Å². The van der Waals surface area contributed by atoms with Crippen molar-refractivity contribution in [3.8, 4) is 0 Å². The van der Waals surface area contributed by atoms with Crippen LogP contribution in [0, 0.1) is 0 Å². The van der Waals surface area contributed by atoms with Gasteiger partial charge in [-0.3, -0.25) is 4.79 Å². The van der Waals surface area contributed by atoms with Crippen molar-refractivity contribution in [2.75, 3.05) is 32.1 Å². The van der Waals surface area contributed by atoms with Gasteiger partial charge in [0.25, 0.3) is 5.91 Å². The largest absolute Gasteiger partial charge is 0.342 e. The number of hydrogen-bond acceptors (Lipinski definition) is 6. The SMILES string of the molecule is CN(C)CCSCC(=O)ONC(=O)CCC=O. The number of rotatable bonds is 8. The van der Waals surface area contributed by atoms with Gasteiger partial charge < -0.3 is 14.5 Å². The molecule has 0 aliphatic rings. The van der Waals surface area contributed by atoms with Gasteiger partial charge in [-0.1, -0.05) is 0 Å². The van der Waals surface area contributed by atoms with Crippen LogP contribution in [0.3, 0.4) is 0 Å². The number of nitrogens with one attached hydrogen (secondary N) is 1. The molecule has 0 radical (unpaired) electrons. The van der Waals surface area contributed by atoms with Crippen LogP contribution >= 0.6 is 11.8 Å². The first kappa shape index (κ1) is 15.9. The molecule has 0 aliphatic carbocycles. The van der Waals surface area contributed by atoms with Crippen molar-refractivity contribution in [2.45, 2.75) is 12.8 Å². The van der Waals surface area contributed by atoms with Gasteiger partial charge >= 0.3 is 5.97 Å². The minimum absolute atomic E-state index is 0.0323. The highest BCUT2D eigenvalue weighted by atomic mass is 32.2. The lowest BCUT2D eigenvalue weighted by Crippen LogP contribution is -2.28. The third-order valence-electron chi connectivity index (χ3n) is 1.67. The van der Waals surface area contributed by atoms with E-state index in [1.807, 2.05) is 24.5 Å². The van der Waals surface area contributed by atoms with Crippen LogP contribution < -0.4 is 5.48 Å². The number of nitrogens with zero attached hydrogens (tertiary/aromatic N) is 1. The molecule has 0 saturated heterocycles. The molecule has 0 rings (SSSR count). The van der Waals surface area contributed by atoms with Crippen molar-refractivity contribution in [3.63, 3.8) is 0 Å². The zero-order chi connectivity index (χ0) is 13.1. The fourth-order valence-electron chi connectivity index (χ4n) is 0.787. The third-order valence-corrected chi connectivity index (χ3v) is 2.58.